The summed E-state index contributed by atoms with van der Waals surface area (Å²) in [5.41, 5.74) is -1.23. The quantitative estimate of drug-likeness (QED) is 0.438. The van der Waals surface area contributed by atoms with Crippen molar-refractivity contribution in [2.45, 2.75) is 11.1 Å². The van der Waals surface area contributed by atoms with Crippen LogP contribution in [0.25, 0.3) is 0 Å². The van der Waals surface area contributed by atoms with Gasteiger partial charge in [0.1, 0.15) is 11.5 Å². The van der Waals surface area contributed by atoms with Gasteiger partial charge in [0, 0.05) is 11.6 Å². The van der Waals surface area contributed by atoms with Gasteiger partial charge in [-0.2, -0.15) is 13.2 Å². The maximum absolute atomic E-state index is 13.0. The number of carbonyl (C=O) groups excluding carboxylic acids is 1. The van der Waals surface area contributed by atoms with Gasteiger partial charge in [0.25, 0.3) is 15.9 Å². The third kappa shape index (κ3) is 5.72. The summed E-state index contributed by atoms with van der Waals surface area (Å²) < 4.78 is 76.9. The van der Waals surface area contributed by atoms with Crippen molar-refractivity contribution in [3.63, 3.8) is 0 Å². The summed E-state index contributed by atoms with van der Waals surface area (Å²) in [5, 5.41) is 2.38. The summed E-state index contributed by atoms with van der Waals surface area (Å²) in [7, 11) is -1.50. The molecule has 0 unspecified atom stereocenters. The van der Waals surface area contributed by atoms with Crippen molar-refractivity contribution in [1.82, 2.24) is 0 Å². The average molecular weight is 515 g/mol. The first-order valence-electron chi connectivity index (χ1n) is 9.47. The summed E-state index contributed by atoms with van der Waals surface area (Å²) in [5.74, 6) is 0.178. The average Bonchev–Trinajstić information content (AvgIpc) is 2.80. The molecule has 7 nitrogen and oxygen atoms in total. The summed E-state index contributed by atoms with van der Waals surface area (Å²) in [6, 6.07) is 11.9. The van der Waals surface area contributed by atoms with E-state index >= 15 is 0 Å². The third-order valence-corrected chi connectivity index (χ3v) is 6.29. The monoisotopic (exact) mass is 514 g/mol. The molecule has 0 radical (unpaired) electrons. The Morgan fingerprint density at radius 3 is 2.32 bits per heavy atom. The van der Waals surface area contributed by atoms with Crippen molar-refractivity contribution >= 4 is 38.9 Å². The highest BCUT2D eigenvalue weighted by Gasteiger charge is 2.31. The lowest BCUT2D eigenvalue weighted by atomic mass is 10.2. The zero-order valence-corrected chi connectivity index (χ0v) is 19.3. The molecule has 0 saturated heterocycles. The van der Waals surface area contributed by atoms with Crippen LogP contribution in [0.1, 0.15) is 15.9 Å². The zero-order chi connectivity index (χ0) is 25.1. The van der Waals surface area contributed by atoms with E-state index in [9.17, 15) is 26.4 Å². The molecule has 0 aliphatic rings. The summed E-state index contributed by atoms with van der Waals surface area (Å²) >= 11 is 5.88. The fourth-order valence-electron chi connectivity index (χ4n) is 2.88. The van der Waals surface area contributed by atoms with E-state index < -0.39 is 33.4 Å². The summed E-state index contributed by atoms with van der Waals surface area (Å²) in [6.45, 7) is 0. The number of halogens is 4. The molecule has 3 aromatic rings. The first-order valence-corrected chi connectivity index (χ1v) is 11.3. The minimum atomic E-state index is -4.69. The SMILES string of the molecule is COc1ccc(NC(=O)c2cccc(S(=O)(=O)Nc3cc(C(F)(F)F)ccc3Cl)c2)c(OC)c1. The Morgan fingerprint density at radius 1 is 0.941 bits per heavy atom. The molecule has 2 N–H and O–H groups in total. The highest BCUT2D eigenvalue weighted by Crippen LogP contribution is 2.35. The van der Waals surface area contributed by atoms with E-state index in [1.165, 1.54) is 32.4 Å². The molecule has 180 valence electrons. The molecular formula is C22H18ClF3N2O5S. The predicted molar refractivity (Wildman–Crippen MR) is 121 cm³/mol. The third-order valence-electron chi connectivity index (χ3n) is 4.60. The molecule has 0 aliphatic carbocycles. The van der Waals surface area contributed by atoms with Crippen LogP contribution in [0.5, 0.6) is 11.5 Å². The predicted octanol–water partition coefficient (Wildman–Crippen LogP) is 5.43. The first kappa shape index (κ1) is 25.2. The molecule has 0 saturated carbocycles. The number of amides is 1. The van der Waals surface area contributed by atoms with Gasteiger partial charge in [-0.05, 0) is 48.5 Å². The number of hydrogen-bond donors (Lipinski definition) is 2. The van der Waals surface area contributed by atoms with Crippen LogP contribution in [0.4, 0.5) is 24.5 Å². The molecule has 1 amide bonds. The minimum Gasteiger partial charge on any atom is -0.497 e. The van der Waals surface area contributed by atoms with Crippen LogP contribution < -0.4 is 19.5 Å². The molecule has 3 aromatic carbocycles. The molecular weight excluding hydrogens is 497 g/mol. The number of benzene rings is 3. The lowest BCUT2D eigenvalue weighted by molar-refractivity contribution is -0.137. The Balaban J connectivity index is 1.87. The molecule has 0 fully saturated rings. The molecule has 3 rings (SSSR count). The van der Waals surface area contributed by atoms with Crippen LogP contribution in [-0.2, 0) is 16.2 Å². The van der Waals surface area contributed by atoms with E-state index in [1.807, 2.05) is 4.72 Å². The molecule has 34 heavy (non-hydrogen) atoms. The van der Waals surface area contributed by atoms with Crippen LogP contribution >= 0.6 is 11.6 Å². The molecule has 0 heterocycles. The van der Waals surface area contributed by atoms with E-state index in [1.54, 1.807) is 18.2 Å². The number of rotatable bonds is 7. The van der Waals surface area contributed by atoms with E-state index in [0.717, 1.165) is 18.2 Å². The largest absolute Gasteiger partial charge is 0.497 e. The second kappa shape index (κ2) is 9.82. The zero-order valence-electron chi connectivity index (χ0n) is 17.7. The smallest absolute Gasteiger partial charge is 0.416 e. The first-order chi connectivity index (χ1) is 15.9. The van der Waals surface area contributed by atoms with Gasteiger partial charge in [-0.3, -0.25) is 9.52 Å². The maximum Gasteiger partial charge on any atom is 0.416 e. The number of ether oxygens (including phenoxy) is 2. The standard InChI is InChI=1S/C22H18ClF3N2O5S/c1-32-15-7-9-18(20(12-15)33-2)27-21(29)13-4-3-5-16(10-13)34(30,31)28-19-11-14(22(24,25)26)6-8-17(19)23/h3-12,28H,1-2H3,(H,27,29). The molecule has 12 heteroatoms. The normalized spacial score (nSPS) is 11.6. The van der Waals surface area contributed by atoms with Crippen molar-refractivity contribution < 1.29 is 35.9 Å². The molecule has 0 spiro atoms. The van der Waals surface area contributed by atoms with Crippen molar-refractivity contribution in [2.75, 3.05) is 24.3 Å². The number of nitrogens with one attached hydrogen (secondary N) is 2. The lowest BCUT2D eigenvalue weighted by Crippen LogP contribution is -2.17. The highest BCUT2D eigenvalue weighted by atomic mass is 35.5. The molecule has 0 aliphatic heterocycles. The Kier molecular flexibility index (Phi) is 7.27. The van der Waals surface area contributed by atoms with Crippen LogP contribution in [0.15, 0.2) is 65.6 Å². The van der Waals surface area contributed by atoms with E-state index in [-0.39, 0.29) is 15.5 Å². The Morgan fingerprint density at radius 2 is 1.68 bits per heavy atom. The van der Waals surface area contributed by atoms with Gasteiger partial charge < -0.3 is 14.8 Å². The van der Waals surface area contributed by atoms with Gasteiger partial charge in [0.2, 0.25) is 0 Å². The number of alkyl halides is 3. The van der Waals surface area contributed by atoms with Crippen molar-refractivity contribution in [2.24, 2.45) is 0 Å². The van der Waals surface area contributed by atoms with E-state index in [4.69, 9.17) is 21.1 Å². The fraction of sp³-hybridized carbons (Fsp3) is 0.136. The number of sulfonamides is 1. The number of hydrogen-bond acceptors (Lipinski definition) is 5. The van der Waals surface area contributed by atoms with Crippen LogP contribution in [0.2, 0.25) is 5.02 Å². The maximum atomic E-state index is 13.0. The van der Waals surface area contributed by atoms with E-state index in [2.05, 4.69) is 5.32 Å². The van der Waals surface area contributed by atoms with Crippen LogP contribution in [-0.4, -0.2) is 28.5 Å². The van der Waals surface area contributed by atoms with Crippen molar-refractivity contribution in [3.8, 4) is 11.5 Å². The Hall–Kier alpha value is -3.44. The fourth-order valence-corrected chi connectivity index (χ4v) is 4.22. The van der Waals surface area contributed by atoms with Crippen LogP contribution in [0, 0.1) is 0 Å². The van der Waals surface area contributed by atoms with Gasteiger partial charge in [0.15, 0.2) is 0 Å². The Bertz CT molecular complexity index is 1330. The molecule has 0 aromatic heterocycles. The van der Waals surface area contributed by atoms with Gasteiger partial charge in [-0.1, -0.05) is 17.7 Å². The Labute approximate surface area is 198 Å². The number of anilines is 2. The second-order valence-electron chi connectivity index (χ2n) is 6.85. The number of carbonyl (C=O) groups is 1. The van der Waals surface area contributed by atoms with Gasteiger partial charge in [-0.25, -0.2) is 8.42 Å². The van der Waals surface area contributed by atoms with Crippen molar-refractivity contribution in [1.29, 1.82) is 0 Å². The second-order valence-corrected chi connectivity index (χ2v) is 8.94. The highest BCUT2D eigenvalue weighted by molar-refractivity contribution is 7.92. The number of methoxy groups -OCH3 is 2. The minimum absolute atomic E-state index is 0.0177. The summed E-state index contributed by atoms with van der Waals surface area (Å²) in [4.78, 5) is 12.4. The summed E-state index contributed by atoms with van der Waals surface area (Å²) in [6.07, 6.45) is -4.69. The molecule has 0 atom stereocenters. The molecule has 0 bridgehead atoms. The van der Waals surface area contributed by atoms with Gasteiger partial charge in [0.05, 0.1) is 41.1 Å². The van der Waals surface area contributed by atoms with Gasteiger partial charge >= 0.3 is 6.18 Å². The topological polar surface area (TPSA) is 93.7 Å². The van der Waals surface area contributed by atoms with Crippen LogP contribution in [0.3, 0.4) is 0 Å². The van der Waals surface area contributed by atoms with Gasteiger partial charge in [-0.15, -0.1) is 0 Å². The lowest BCUT2D eigenvalue weighted by Gasteiger charge is -2.14. The van der Waals surface area contributed by atoms with Crippen molar-refractivity contribution in [3.05, 3.63) is 76.8 Å². The van der Waals surface area contributed by atoms with E-state index in [0.29, 0.717) is 23.3 Å².